The highest BCUT2D eigenvalue weighted by molar-refractivity contribution is 5.68. The smallest absolute Gasteiger partial charge is 0.407 e. The third kappa shape index (κ3) is 5.37. The monoisotopic (exact) mass is 326 g/mol. The number of carboxylic acid groups (broad SMARTS) is 1. The van der Waals surface area contributed by atoms with Crippen LogP contribution in [-0.4, -0.2) is 52.8 Å². The lowest BCUT2D eigenvalue weighted by Crippen LogP contribution is -2.57. The minimum absolute atomic E-state index is 0.0456. The summed E-state index contributed by atoms with van der Waals surface area (Å²) in [5.74, 6) is -0.0377. The van der Waals surface area contributed by atoms with Gasteiger partial charge < -0.3 is 15.2 Å². The number of nitrogens with zero attached hydrogens (tertiary/aromatic N) is 1. The second kappa shape index (κ2) is 7.07. The number of alkyl carbamates (subject to hydrolysis) is 1. The molecule has 1 saturated carbocycles. The molecule has 2 N–H and O–H groups in total. The third-order valence-corrected chi connectivity index (χ3v) is 4.79. The van der Waals surface area contributed by atoms with E-state index in [1.54, 1.807) is 0 Å². The van der Waals surface area contributed by atoms with E-state index in [0.29, 0.717) is 18.4 Å². The van der Waals surface area contributed by atoms with E-state index in [2.05, 4.69) is 17.1 Å². The number of likely N-dealkylation sites (tertiary alicyclic amines) is 1. The van der Waals surface area contributed by atoms with E-state index in [0.717, 1.165) is 13.1 Å². The fourth-order valence-corrected chi connectivity index (χ4v) is 3.68. The average molecular weight is 326 g/mol. The van der Waals surface area contributed by atoms with Crippen LogP contribution in [0.15, 0.2) is 0 Å². The molecule has 1 amide bonds. The van der Waals surface area contributed by atoms with Gasteiger partial charge in [-0.25, -0.2) is 4.79 Å². The van der Waals surface area contributed by atoms with Crippen LogP contribution in [0.25, 0.3) is 0 Å². The van der Waals surface area contributed by atoms with Crippen molar-refractivity contribution < 1.29 is 19.4 Å². The van der Waals surface area contributed by atoms with E-state index in [1.807, 2.05) is 20.8 Å². The number of aliphatic carboxylic acids is 1. The van der Waals surface area contributed by atoms with Crippen molar-refractivity contribution in [3.63, 3.8) is 0 Å². The van der Waals surface area contributed by atoms with Crippen LogP contribution in [0.5, 0.6) is 0 Å². The SMILES string of the molecule is CC1CCC1N1CC(CC(=O)O)CC(NC(=O)OC(C)(C)C)C1. The highest BCUT2D eigenvalue weighted by atomic mass is 16.6. The zero-order valence-corrected chi connectivity index (χ0v) is 14.7. The number of carbonyl (C=O) groups is 2. The Bertz CT molecular complexity index is 446. The number of hydrogen-bond acceptors (Lipinski definition) is 4. The van der Waals surface area contributed by atoms with Gasteiger partial charge in [0.2, 0.25) is 0 Å². The number of carboxylic acids is 1. The first-order chi connectivity index (χ1) is 10.6. The van der Waals surface area contributed by atoms with Gasteiger partial charge in [0.15, 0.2) is 0 Å². The normalized spacial score (nSPS) is 32.0. The third-order valence-electron chi connectivity index (χ3n) is 4.79. The lowest BCUT2D eigenvalue weighted by molar-refractivity contribution is -0.138. The fourth-order valence-electron chi connectivity index (χ4n) is 3.68. The molecular weight excluding hydrogens is 296 g/mol. The van der Waals surface area contributed by atoms with Crippen molar-refractivity contribution in [2.24, 2.45) is 11.8 Å². The summed E-state index contributed by atoms with van der Waals surface area (Å²) >= 11 is 0. The van der Waals surface area contributed by atoms with Crippen molar-refractivity contribution in [1.82, 2.24) is 10.2 Å². The molecule has 132 valence electrons. The van der Waals surface area contributed by atoms with Crippen LogP contribution in [0.3, 0.4) is 0 Å². The largest absolute Gasteiger partial charge is 0.481 e. The van der Waals surface area contributed by atoms with Crippen molar-refractivity contribution in [1.29, 1.82) is 0 Å². The first-order valence-corrected chi connectivity index (χ1v) is 8.59. The van der Waals surface area contributed by atoms with Crippen LogP contribution in [0.1, 0.15) is 53.4 Å². The molecule has 0 bridgehead atoms. The van der Waals surface area contributed by atoms with Gasteiger partial charge in [-0.2, -0.15) is 0 Å². The number of hydrogen-bond donors (Lipinski definition) is 2. The molecule has 0 spiro atoms. The standard InChI is InChI=1S/C17H30N2O4/c1-11-5-6-14(11)19-9-12(8-15(20)21)7-13(10-19)18-16(22)23-17(2,3)4/h11-14H,5-10H2,1-4H3,(H,18,22)(H,20,21). The van der Waals surface area contributed by atoms with Crippen molar-refractivity contribution in [2.45, 2.75) is 71.1 Å². The van der Waals surface area contributed by atoms with E-state index in [9.17, 15) is 9.59 Å². The average Bonchev–Trinajstić information content (AvgIpc) is 2.33. The number of piperidine rings is 1. The number of ether oxygens (including phenoxy) is 1. The number of amides is 1. The van der Waals surface area contributed by atoms with Gasteiger partial charge in [0.05, 0.1) is 0 Å². The highest BCUT2D eigenvalue weighted by Crippen LogP contribution is 2.34. The van der Waals surface area contributed by atoms with E-state index in [1.165, 1.54) is 12.8 Å². The van der Waals surface area contributed by atoms with Crippen LogP contribution in [-0.2, 0) is 9.53 Å². The summed E-state index contributed by atoms with van der Waals surface area (Å²) in [6.45, 7) is 9.35. The minimum atomic E-state index is -0.769. The molecule has 4 unspecified atom stereocenters. The van der Waals surface area contributed by atoms with Gasteiger partial charge >= 0.3 is 12.1 Å². The zero-order chi connectivity index (χ0) is 17.2. The number of nitrogens with one attached hydrogen (secondary N) is 1. The van der Waals surface area contributed by atoms with Gasteiger partial charge in [-0.3, -0.25) is 9.69 Å². The summed E-state index contributed by atoms with van der Waals surface area (Å²) in [4.78, 5) is 25.5. The second-order valence-corrected chi connectivity index (χ2v) is 8.12. The Balaban J connectivity index is 1.96. The molecule has 1 saturated heterocycles. The molecule has 23 heavy (non-hydrogen) atoms. The molecule has 2 aliphatic rings. The predicted molar refractivity (Wildman–Crippen MR) is 87.3 cm³/mol. The minimum Gasteiger partial charge on any atom is -0.481 e. The van der Waals surface area contributed by atoms with Crippen molar-refractivity contribution in [2.75, 3.05) is 13.1 Å². The van der Waals surface area contributed by atoms with Gasteiger partial charge in [-0.1, -0.05) is 6.92 Å². The molecule has 1 aliphatic heterocycles. The molecule has 1 aliphatic carbocycles. The lowest BCUT2D eigenvalue weighted by Gasteiger charge is -2.48. The van der Waals surface area contributed by atoms with E-state index >= 15 is 0 Å². The van der Waals surface area contributed by atoms with Crippen LogP contribution in [0.2, 0.25) is 0 Å². The quantitative estimate of drug-likeness (QED) is 0.830. The summed E-state index contributed by atoms with van der Waals surface area (Å²) < 4.78 is 5.33. The Labute approximate surface area is 138 Å². The molecule has 4 atom stereocenters. The molecule has 0 aromatic rings. The highest BCUT2D eigenvalue weighted by Gasteiger charge is 2.38. The van der Waals surface area contributed by atoms with Gasteiger partial charge in [0.25, 0.3) is 0 Å². The lowest BCUT2D eigenvalue weighted by atomic mass is 9.78. The maximum atomic E-state index is 12.0. The summed E-state index contributed by atoms with van der Waals surface area (Å²) in [5.41, 5.74) is -0.526. The van der Waals surface area contributed by atoms with Crippen LogP contribution >= 0.6 is 0 Å². The first kappa shape index (κ1) is 18.0. The molecule has 2 fully saturated rings. The maximum Gasteiger partial charge on any atom is 0.407 e. The Morgan fingerprint density at radius 1 is 1.26 bits per heavy atom. The van der Waals surface area contributed by atoms with E-state index in [4.69, 9.17) is 9.84 Å². The van der Waals surface area contributed by atoms with Gasteiger partial charge in [0.1, 0.15) is 5.60 Å². The molecule has 0 radical (unpaired) electrons. The van der Waals surface area contributed by atoms with Crippen LogP contribution in [0, 0.1) is 11.8 Å². The van der Waals surface area contributed by atoms with Crippen LogP contribution in [0.4, 0.5) is 4.79 Å². The van der Waals surface area contributed by atoms with E-state index < -0.39 is 17.7 Å². The molecule has 0 aromatic heterocycles. The molecular formula is C17H30N2O4. The van der Waals surface area contributed by atoms with Gasteiger partial charge in [-0.05, 0) is 51.9 Å². The van der Waals surface area contributed by atoms with Crippen molar-refractivity contribution in [3.8, 4) is 0 Å². The number of carbonyl (C=O) groups excluding carboxylic acids is 1. The summed E-state index contributed by atoms with van der Waals surface area (Å²) in [6.07, 6.45) is 2.84. The first-order valence-electron chi connectivity index (χ1n) is 8.59. The van der Waals surface area contributed by atoms with E-state index in [-0.39, 0.29) is 18.4 Å². The summed E-state index contributed by atoms with van der Waals surface area (Å²) in [6, 6.07) is 0.477. The fraction of sp³-hybridized carbons (Fsp3) is 0.882. The molecule has 6 nitrogen and oxygen atoms in total. The van der Waals surface area contributed by atoms with Gasteiger partial charge in [0, 0.05) is 31.6 Å². The Kier molecular flexibility index (Phi) is 5.55. The number of rotatable bonds is 4. The summed E-state index contributed by atoms with van der Waals surface area (Å²) in [7, 11) is 0. The Morgan fingerprint density at radius 3 is 2.43 bits per heavy atom. The van der Waals surface area contributed by atoms with Gasteiger partial charge in [-0.15, -0.1) is 0 Å². The molecule has 1 heterocycles. The zero-order valence-electron chi connectivity index (χ0n) is 14.7. The predicted octanol–water partition coefficient (Wildman–Crippen LogP) is 2.47. The van der Waals surface area contributed by atoms with Crippen LogP contribution < -0.4 is 5.32 Å². The second-order valence-electron chi connectivity index (χ2n) is 8.12. The molecule has 6 heteroatoms. The Hall–Kier alpha value is -1.30. The van der Waals surface area contributed by atoms with Crippen molar-refractivity contribution >= 4 is 12.1 Å². The Morgan fingerprint density at radius 2 is 1.96 bits per heavy atom. The van der Waals surface area contributed by atoms with Crippen molar-refractivity contribution in [3.05, 3.63) is 0 Å². The molecule has 0 aromatic carbocycles. The topological polar surface area (TPSA) is 78.9 Å². The molecule has 2 rings (SSSR count). The summed E-state index contributed by atoms with van der Waals surface area (Å²) in [5, 5.41) is 12.0. The maximum absolute atomic E-state index is 12.0.